The molecule has 2 heterocycles. The first kappa shape index (κ1) is 13.1. The summed E-state index contributed by atoms with van der Waals surface area (Å²) in [5.74, 6) is 1.71. The molecular weight excluding hydrogens is 228 g/mol. The van der Waals surface area contributed by atoms with E-state index in [1.807, 2.05) is 17.3 Å². The van der Waals surface area contributed by atoms with E-state index in [0.717, 1.165) is 38.5 Å². The molecule has 0 atom stereocenters. The topological polar surface area (TPSA) is 50.2 Å². The molecule has 0 bridgehead atoms. The maximum atomic E-state index is 12.0. The molecule has 18 heavy (non-hydrogen) atoms. The number of nitrogens with one attached hydrogen (secondary N) is 1. The molecule has 0 aliphatic carbocycles. The number of carbonyl (C=O) groups excluding carboxylic acids is 1. The van der Waals surface area contributed by atoms with Crippen molar-refractivity contribution in [2.45, 2.75) is 32.7 Å². The minimum absolute atomic E-state index is 0.250. The van der Waals surface area contributed by atoms with E-state index in [1.54, 1.807) is 0 Å². The van der Waals surface area contributed by atoms with Crippen LogP contribution in [0.15, 0.2) is 12.4 Å². The van der Waals surface area contributed by atoms with E-state index < -0.39 is 0 Å². The maximum Gasteiger partial charge on any atom is 0.224 e. The lowest BCUT2D eigenvalue weighted by Gasteiger charge is -2.27. The fourth-order valence-corrected chi connectivity index (χ4v) is 2.30. The molecule has 0 saturated carbocycles. The first-order chi connectivity index (χ1) is 8.68. The number of hydrogen-bond donors (Lipinski definition) is 1. The Hall–Kier alpha value is -1.36. The number of piperazine rings is 1. The van der Waals surface area contributed by atoms with E-state index in [-0.39, 0.29) is 5.91 Å². The summed E-state index contributed by atoms with van der Waals surface area (Å²) in [6, 6.07) is 0. The fourth-order valence-electron chi connectivity index (χ4n) is 2.30. The van der Waals surface area contributed by atoms with Crippen LogP contribution in [0.5, 0.6) is 0 Å². The highest BCUT2D eigenvalue weighted by Crippen LogP contribution is 2.12. The Bertz CT molecular complexity index is 393. The summed E-state index contributed by atoms with van der Waals surface area (Å²) in [4.78, 5) is 18.3. The quantitative estimate of drug-likeness (QED) is 0.861. The highest BCUT2D eigenvalue weighted by molar-refractivity contribution is 5.76. The third-order valence-corrected chi connectivity index (χ3v) is 3.30. The largest absolute Gasteiger partial charge is 0.340 e. The predicted octanol–water partition coefficient (Wildman–Crippen LogP) is 0.828. The molecule has 1 aliphatic rings. The highest BCUT2D eigenvalue weighted by Gasteiger charge is 2.16. The first-order valence-electron chi connectivity index (χ1n) is 6.68. The molecule has 5 nitrogen and oxygen atoms in total. The molecule has 1 aromatic heterocycles. The Kier molecular flexibility index (Phi) is 4.36. The first-order valence-corrected chi connectivity index (χ1v) is 6.68. The lowest BCUT2D eigenvalue weighted by Crippen LogP contribution is -2.46. The number of aryl methyl sites for hydroxylation is 1. The molecule has 1 fully saturated rings. The Morgan fingerprint density at radius 2 is 2.17 bits per heavy atom. The van der Waals surface area contributed by atoms with Crippen LogP contribution in [0.3, 0.4) is 0 Å². The van der Waals surface area contributed by atoms with E-state index in [2.05, 4.69) is 28.7 Å². The number of amides is 1. The lowest BCUT2D eigenvalue weighted by atomic mass is 10.2. The molecule has 0 spiro atoms. The van der Waals surface area contributed by atoms with Crippen molar-refractivity contribution >= 4 is 5.91 Å². The van der Waals surface area contributed by atoms with Crippen LogP contribution in [-0.4, -0.2) is 46.5 Å². The number of carbonyl (C=O) groups is 1. The molecule has 100 valence electrons. The second-order valence-corrected chi connectivity index (χ2v) is 5.01. The fraction of sp³-hybridized carbons (Fsp3) is 0.692. The van der Waals surface area contributed by atoms with Crippen molar-refractivity contribution in [1.29, 1.82) is 0 Å². The van der Waals surface area contributed by atoms with E-state index in [1.165, 1.54) is 0 Å². The average molecular weight is 250 g/mol. The Balaban J connectivity index is 1.86. The summed E-state index contributed by atoms with van der Waals surface area (Å²) in [5, 5.41) is 3.25. The Morgan fingerprint density at radius 3 is 2.83 bits per heavy atom. The van der Waals surface area contributed by atoms with Crippen molar-refractivity contribution in [1.82, 2.24) is 19.8 Å². The van der Waals surface area contributed by atoms with Crippen molar-refractivity contribution in [3.8, 4) is 0 Å². The molecule has 0 aromatic carbocycles. The normalized spacial score (nSPS) is 16.3. The van der Waals surface area contributed by atoms with Crippen LogP contribution in [-0.2, 0) is 11.3 Å². The van der Waals surface area contributed by atoms with E-state index in [9.17, 15) is 4.79 Å². The van der Waals surface area contributed by atoms with Crippen molar-refractivity contribution in [2.75, 3.05) is 26.2 Å². The molecule has 0 radical (unpaired) electrons. The van der Waals surface area contributed by atoms with E-state index in [0.29, 0.717) is 12.3 Å². The summed E-state index contributed by atoms with van der Waals surface area (Å²) in [5.41, 5.74) is 0. The smallest absolute Gasteiger partial charge is 0.224 e. The van der Waals surface area contributed by atoms with Gasteiger partial charge in [0.25, 0.3) is 0 Å². The second-order valence-electron chi connectivity index (χ2n) is 5.01. The standard InChI is InChI=1S/C13H22N4O/c1-11(2)13-15-6-10-17(13)7-3-12(18)16-8-4-14-5-9-16/h6,10-11,14H,3-5,7-9H2,1-2H3. The molecule has 1 aromatic rings. The summed E-state index contributed by atoms with van der Waals surface area (Å²) < 4.78 is 2.09. The monoisotopic (exact) mass is 250 g/mol. The number of nitrogens with zero attached hydrogens (tertiary/aromatic N) is 3. The van der Waals surface area contributed by atoms with Crippen LogP contribution >= 0.6 is 0 Å². The van der Waals surface area contributed by atoms with Gasteiger partial charge in [0.05, 0.1) is 0 Å². The van der Waals surface area contributed by atoms with Gasteiger partial charge in [-0.3, -0.25) is 4.79 Å². The molecule has 1 saturated heterocycles. The summed E-state index contributed by atoms with van der Waals surface area (Å²) in [6.45, 7) is 8.46. The molecule has 1 aliphatic heterocycles. The maximum absolute atomic E-state index is 12.0. The number of rotatable bonds is 4. The van der Waals surface area contributed by atoms with Gasteiger partial charge in [0.1, 0.15) is 5.82 Å². The zero-order chi connectivity index (χ0) is 13.0. The highest BCUT2D eigenvalue weighted by atomic mass is 16.2. The zero-order valence-electron chi connectivity index (χ0n) is 11.2. The van der Waals surface area contributed by atoms with Crippen LogP contribution in [0.25, 0.3) is 0 Å². The molecule has 5 heteroatoms. The van der Waals surface area contributed by atoms with Gasteiger partial charge >= 0.3 is 0 Å². The Labute approximate surface area is 108 Å². The van der Waals surface area contributed by atoms with Gasteiger partial charge in [0, 0.05) is 57.5 Å². The third kappa shape index (κ3) is 3.10. The van der Waals surface area contributed by atoms with Gasteiger partial charge in [-0.25, -0.2) is 4.98 Å². The van der Waals surface area contributed by atoms with E-state index >= 15 is 0 Å². The van der Waals surface area contributed by atoms with Gasteiger partial charge in [-0.2, -0.15) is 0 Å². The van der Waals surface area contributed by atoms with Crippen molar-refractivity contribution in [2.24, 2.45) is 0 Å². The summed E-state index contributed by atoms with van der Waals surface area (Å²) in [7, 11) is 0. The Morgan fingerprint density at radius 1 is 1.44 bits per heavy atom. The molecular formula is C13H22N4O. The van der Waals surface area contributed by atoms with Crippen LogP contribution in [0, 0.1) is 0 Å². The molecule has 0 unspecified atom stereocenters. The van der Waals surface area contributed by atoms with Gasteiger partial charge in [-0.15, -0.1) is 0 Å². The second kappa shape index (κ2) is 6.00. The number of hydrogen-bond acceptors (Lipinski definition) is 3. The van der Waals surface area contributed by atoms with Crippen LogP contribution in [0.4, 0.5) is 0 Å². The minimum atomic E-state index is 0.250. The summed E-state index contributed by atoms with van der Waals surface area (Å²) in [6.07, 6.45) is 4.33. The third-order valence-electron chi connectivity index (χ3n) is 3.30. The van der Waals surface area contributed by atoms with Crippen LogP contribution < -0.4 is 5.32 Å². The zero-order valence-corrected chi connectivity index (χ0v) is 11.2. The van der Waals surface area contributed by atoms with Gasteiger partial charge in [0.2, 0.25) is 5.91 Å². The van der Waals surface area contributed by atoms with E-state index in [4.69, 9.17) is 0 Å². The van der Waals surface area contributed by atoms with Gasteiger partial charge in [-0.1, -0.05) is 13.8 Å². The van der Waals surface area contributed by atoms with Crippen molar-refractivity contribution in [3.63, 3.8) is 0 Å². The molecule has 1 amide bonds. The van der Waals surface area contributed by atoms with Gasteiger partial charge < -0.3 is 14.8 Å². The SMILES string of the molecule is CC(C)c1nccn1CCC(=O)N1CCNCC1. The molecule has 1 N–H and O–H groups in total. The van der Waals surface area contributed by atoms with Crippen LogP contribution in [0.1, 0.15) is 32.0 Å². The van der Waals surface area contributed by atoms with Crippen molar-refractivity contribution < 1.29 is 4.79 Å². The predicted molar refractivity (Wildman–Crippen MR) is 70.4 cm³/mol. The average Bonchev–Trinajstić information content (AvgIpc) is 2.85. The molecule has 2 rings (SSSR count). The lowest BCUT2D eigenvalue weighted by molar-refractivity contribution is -0.132. The number of imidazole rings is 1. The van der Waals surface area contributed by atoms with Gasteiger partial charge in [0.15, 0.2) is 0 Å². The number of aromatic nitrogens is 2. The summed E-state index contributed by atoms with van der Waals surface area (Å²) >= 11 is 0. The van der Waals surface area contributed by atoms with Crippen molar-refractivity contribution in [3.05, 3.63) is 18.2 Å². The van der Waals surface area contributed by atoms with Gasteiger partial charge in [-0.05, 0) is 0 Å². The van der Waals surface area contributed by atoms with Crippen LogP contribution in [0.2, 0.25) is 0 Å². The minimum Gasteiger partial charge on any atom is -0.340 e.